The highest BCUT2D eigenvalue weighted by molar-refractivity contribution is 6.18. The fourth-order valence-corrected chi connectivity index (χ4v) is 4.11. The van der Waals surface area contributed by atoms with E-state index < -0.39 is 0 Å². The lowest BCUT2D eigenvalue weighted by Gasteiger charge is -2.40. The zero-order chi connectivity index (χ0) is 12.0. The van der Waals surface area contributed by atoms with Gasteiger partial charge >= 0.3 is 0 Å². The molecule has 3 nitrogen and oxygen atoms in total. The number of alkyl halides is 1. The van der Waals surface area contributed by atoms with Gasteiger partial charge in [-0.3, -0.25) is 4.79 Å². The lowest BCUT2D eigenvalue weighted by atomic mass is 9.97. The van der Waals surface area contributed by atoms with Crippen LogP contribution in [0.3, 0.4) is 0 Å². The zero-order valence-electron chi connectivity index (χ0n) is 10.4. The molecule has 3 rings (SSSR count). The van der Waals surface area contributed by atoms with Crippen LogP contribution in [0.2, 0.25) is 0 Å². The maximum atomic E-state index is 12.0. The van der Waals surface area contributed by atoms with Crippen molar-refractivity contribution in [2.24, 2.45) is 5.92 Å². The quantitative estimate of drug-likeness (QED) is 0.702. The fraction of sp³-hybridized carbons (Fsp3) is 0.923. The van der Waals surface area contributed by atoms with Gasteiger partial charge in [-0.15, -0.1) is 11.6 Å². The minimum absolute atomic E-state index is 0.338. The molecule has 0 N–H and O–H groups in total. The van der Waals surface area contributed by atoms with Crippen molar-refractivity contribution in [3.05, 3.63) is 0 Å². The van der Waals surface area contributed by atoms with Crippen LogP contribution in [-0.2, 0) is 4.79 Å². The average Bonchev–Trinajstić information content (AvgIpc) is 2.76. The lowest BCUT2D eigenvalue weighted by molar-refractivity contribution is -0.130. The van der Waals surface area contributed by atoms with Gasteiger partial charge in [0.05, 0.1) is 0 Å². The summed E-state index contributed by atoms with van der Waals surface area (Å²) in [6.45, 7) is 0.899. The van der Waals surface area contributed by atoms with Crippen LogP contribution in [0.1, 0.15) is 32.1 Å². The summed E-state index contributed by atoms with van der Waals surface area (Å²) in [5, 5.41) is 0. The molecule has 0 aromatic carbocycles. The van der Waals surface area contributed by atoms with Crippen molar-refractivity contribution >= 4 is 17.5 Å². The molecular formula is C13H21ClN2O. The summed E-state index contributed by atoms with van der Waals surface area (Å²) >= 11 is 5.88. The Hall–Kier alpha value is -0.280. The van der Waals surface area contributed by atoms with E-state index in [1.807, 2.05) is 0 Å². The Bertz CT molecular complexity index is 309. The first kappa shape index (κ1) is 11.8. The summed E-state index contributed by atoms with van der Waals surface area (Å²) in [6, 6.07) is 1.91. The molecule has 2 bridgehead atoms. The number of hydrogen-bond donors (Lipinski definition) is 0. The molecule has 3 atom stereocenters. The number of piperidine rings is 1. The molecular weight excluding hydrogens is 236 g/mol. The van der Waals surface area contributed by atoms with Gasteiger partial charge in [-0.05, 0) is 38.6 Å². The van der Waals surface area contributed by atoms with E-state index in [1.54, 1.807) is 0 Å². The van der Waals surface area contributed by atoms with E-state index in [2.05, 4.69) is 16.8 Å². The van der Waals surface area contributed by atoms with Crippen LogP contribution in [0.15, 0.2) is 0 Å². The van der Waals surface area contributed by atoms with Gasteiger partial charge in [0.25, 0.3) is 0 Å². The van der Waals surface area contributed by atoms with Crippen molar-refractivity contribution in [2.75, 3.05) is 19.5 Å². The Morgan fingerprint density at radius 3 is 2.41 bits per heavy atom. The van der Waals surface area contributed by atoms with Crippen molar-refractivity contribution in [2.45, 2.75) is 50.2 Å². The predicted molar refractivity (Wildman–Crippen MR) is 68.1 cm³/mol. The Balaban J connectivity index is 1.68. The maximum Gasteiger partial charge on any atom is 0.223 e. The van der Waals surface area contributed by atoms with Crippen molar-refractivity contribution in [1.29, 1.82) is 0 Å². The van der Waals surface area contributed by atoms with Gasteiger partial charge in [0.15, 0.2) is 0 Å². The third-order valence-corrected chi connectivity index (χ3v) is 5.41. The van der Waals surface area contributed by atoms with Gasteiger partial charge < -0.3 is 9.80 Å². The molecule has 0 aromatic heterocycles. The summed E-state index contributed by atoms with van der Waals surface area (Å²) in [6.07, 6.45) is 5.66. The van der Waals surface area contributed by atoms with Gasteiger partial charge in [-0.1, -0.05) is 0 Å². The predicted octanol–water partition coefficient (Wildman–Crippen LogP) is 1.70. The molecule has 1 amide bonds. The molecule has 3 aliphatic heterocycles. The maximum absolute atomic E-state index is 12.0. The smallest absolute Gasteiger partial charge is 0.223 e. The molecule has 3 unspecified atom stereocenters. The van der Waals surface area contributed by atoms with E-state index >= 15 is 0 Å². The third-order valence-electron chi connectivity index (χ3n) is 4.97. The lowest BCUT2D eigenvalue weighted by Crippen LogP contribution is -2.49. The molecule has 3 aliphatic rings. The van der Waals surface area contributed by atoms with Crippen LogP contribution in [0, 0.1) is 5.92 Å². The zero-order valence-corrected chi connectivity index (χ0v) is 11.2. The summed E-state index contributed by atoms with van der Waals surface area (Å²) in [5.74, 6) is 1.35. The third kappa shape index (κ3) is 1.97. The van der Waals surface area contributed by atoms with E-state index in [4.69, 9.17) is 11.6 Å². The number of carbonyl (C=O) groups is 1. The van der Waals surface area contributed by atoms with E-state index in [0.29, 0.717) is 42.3 Å². The second-order valence-corrected chi connectivity index (χ2v) is 6.25. The molecule has 0 aliphatic carbocycles. The molecule has 0 aromatic rings. The number of nitrogens with zero attached hydrogens (tertiary/aromatic N) is 2. The molecule has 3 saturated heterocycles. The van der Waals surface area contributed by atoms with E-state index in [9.17, 15) is 4.79 Å². The summed E-state index contributed by atoms with van der Waals surface area (Å²) < 4.78 is 0. The van der Waals surface area contributed by atoms with Crippen LogP contribution >= 0.6 is 11.6 Å². The van der Waals surface area contributed by atoms with E-state index in [0.717, 1.165) is 6.54 Å². The first-order valence-corrected chi connectivity index (χ1v) is 7.30. The fourth-order valence-electron chi connectivity index (χ4n) is 3.90. The molecule has 96 valence electrons. The molecule has 0 radical (unpaired) electrons. The number of hydrogen-bond acceptors (Lipinski definition) is 2. The Morgan fingerprint density at radius 2 is 1.88 bits per heavy atom. The normalized spacial score (nSPS) is 42.5. The van der Waals surface area contributed by atoms with E-state index in [1.165, 1.54) is 25.7 Å². The molecule has 4 heteroatoms. The van der Waals surface area contributed by atoms with Crippen molar-refractivity contribution in [3.8, 4) is 0 Å². The van der Waals surface area contributed by atoms with Crippen LogP contribution in [0.4, 0.5) is 0 Å². The van der Waals surface area contributed by atoms with Crippen LogP contribution in [0.5, 0.6) is 0 Å². The largest absolute Gasteiger partial charge is 0.339 e. The topological polar surface area (TPSA) is 23.6 Å². The second-order valence-electron chi connectivity index (χ2n) is 5.95. The number of rotatable bonds is 2. The van der Waals surface area contributed by atoms with Crippen molar-refractivity contribution in [3.63, 3.8) is 0 Å². The van der Waals surface area contributed by atoms with Gasteiger partial charge in [0.2, 0.25) is 5.91 Å². The molecule has 0 saturated carbocycles. The Morgan fingerprint density at radius 1 is 1.24 bits per heavy atom. The first-order chi connectivity index (χ1) is 8.19. The number of fused-ring (bicyclic) bond motifs is 2. The highest BCUT2D eigenvalue weighted by Gasteiger charge is 2.43. The summed E-state index contributed by atoms with van der Waals surface area (Å²) in [4.78, 5) is 16.7. The van der Waals surface area contributed by atoms with Crippen LogP contribution < -0.4 is 0 Å². The van der Waals surface area contributed by atoms with Crippen LogP contribution in [-0.4, -0.2) is 53.3 Å². The molecule has 3 fully saturated rings. The first-order valence-electron chi connectivity index (χ1n) is 6.76. The summed E-state index contributed by atoms with van der Waals surface area (Å²) in [5.41, 5.74) is 0. The highest BCUT2D eigenvalue weighted by Crippen LogP contribution is 2.38. The monoisotopic (exact) mass is 256 g/mol. The minimum atomic E-state index is 0.338. The number of carbonyl (C=O) groups excluding carboxylic acids is 1. The van der Waals surface area contributed by atoms with Gasteiger partial charge in [-0.2, -0.15) is 0 Å². The van der Waals surface area contributed by atoms with Crippen molar-refractivity contribution < 1.29 is 4.79 Å². The summed E-state index contributed by atoms with van der Waals surface area (Å²) in [7, 11) is 2.24. The number of amides is 1. The van der Waals surface area contributed by atoms with Gasteiger partial charge in [0.1, 0.15) is 0 Å². The minimum Gasteiger partial charge on any atom is -0.339 e. The molecule has 3 heterocycles. The standard InChI is InChI=1S/C13H21ClN2O/c1-15-10-2-3-11(15)6-12(5-10)16-8-9(7-14)4-13(16)17/h9-12H,2-8H2,1H3. The number of likely N-dealkylation sites (tertiary alicyclic amines) is 1. The van der Waals surface area contributed by atoms with Crippen molar-refractivity contribution in [1.82, 2.24) is 9.80 Å². The highest BCUT2D eigenvalue weighted by atomic mass is 35.5. The van der Waals surface area contributed by atoms with E-state index in [-0.39, 0.29) is 0 Å². The number of halogens is 1. The second kappa shape index (κ2) is 4.43. The molecule has 17 heavy (non-hydrogen) atoms. The van der Waals surface area contributed by atoms with Gasteiger partial charge in [-0.25, -0.2) is 0 Å². The van der Waals surface area contributed by atoms with Crippen LogP contribution in [0.25, 0.3) is 0 Å². The average molecular weight is 257 g/mol. The molecule has 0 spiro atoms. The van der Waals surface area contributed by atoms with Gasteiger partial charge in [0, 0.05) is 37.0 Å². The Labute approximate surface area is 108 Å². The SMILES string of the molecule is CN1C2CCC1CC(N1CC(CCl)CC1=O)C2. The Kier molecular flexibility index (Phi) is 3.07.